The Balaban J connectivity index is 1.16. The van der Waals surface area contributed by atoms with Crippen molar-refractivity contribution >= 4 is 17.6 Å². The van der Waals surface area contributed by atoms with Gasteiger partial charge in [0, 0.05) is 39.3 Å². The Bertz CT molecular complexity index is 1610. The van der Waals surface area contributed by atoms with Crippen LogP contribution in [0.4, 0.5) is 4.79 Å². The normalized spacial score (nSPS) is 41.2. The van der Waals surface area contributed by atoms with E-state index in [2.05, 4.69) is 71.3 Å². The Labute approximate surface area is 313 Å². The van der Waals surface area contributed by atoms with Crippen LogP contribution < -0.4 is 5.32 Å². The molecule has 1 aromatic carbocycles. The SMILES string of the molecule is C=C(C)[C@@H]1CC[C@]2(CNC(=O)N3CCN(CCO)CC3)CC[C@@]3(C)[C@]4(C)CC[C@H]5C(C)(C)C(c6ccc(C(=O)O)cc6)=CC[C@]5(C)[C@H]4CC[C@]3(C)[C@@H]12. The largest absolute Gasteiger partial charge is 0.478 e. The van der Waals surface area contributed by atoms with E-state index < -0.39 is 5.97 Å². The van der Waals surface area contributed by atoms with Gasteiger partial charge in [0.05, 0.1) is 12.2 Å². The second-order valence-corrected chi connectivity index (χ2v) is 19.8. The number of benzene rings is 1. The monoisotopic (exact) mass is 714 g/mol. The number of carbonyl (C=O) groups excluding carboxylic acids is 1. The molecule has 2 amide bonds. The second kappa shape index (κ2) is 13.0. The molecule has 9 atom stereocenters. The number of rotatable bonds is 7. The maximum atomic E-state index is 13.6. The van der Waals surface area contributed by atoms with Crippen LogP contribution in [0.15, 0.2) is 42.5 Å². The maximum absolute atomic E-state index is 13.6. The average Bonchev–Trinajstić information content (AvgIpc) is 3.50. The summed E-state index contributed by atoms with van der Waals surface area (Å²) >= 11 is 0. The molecule has 1 aliphatic heterocycles. The minimum absolute atomic E-state index is 0.0113. The van der Waals surface area contributed by atoms with Gasteiger partial charge in [-0.05, 0) is 144 Å². The number of carboxylic acids is 1. The summed E-state index contributed by atoms with van der Waals surface area (Å²) in [6.07, 6.45) is 13.3. The number of aliphatic hydroxyl groups excluding tert-OH is 1. The number of nitrogens with zero attached hydrogens (tertiary/aromatic N) is 2. The van der Waals surface area contributed by atoms with Crippen LogP contribution in [0.3, 0.4) is 0 Å². The summed E-state index contributed by atoms with van der Waals surface area (Å²) in [7, 11) is 0. The highest BCUT2D eigenvalue weighted by molar-refractivity contribution is 5.88. The molecule has 7 heteroatoms. The van der Waals surface area contributed by atoms with E-state index in [0.717, 1.165) is 39.1 Å². The first-order valence-corrected chi connectivity index (χ1v) is 20.5. The standard InChI is InChI=1S/C45H67N3O4/c1-30(2)33-13-20-45(29-46-39(52)48-25-23-47(24-26-48)27-28-49)22-21-44(8)42(6)18-15-35-40(3,4)34(31-9-11-32(12-10-31)38(50)51)14-17-41(35,5)36(42)16-19-43(44,7)37(33)45/h9-12,14,33,35-37,49H,1,13,15-29H2,2-8H3,(H,46,52)(H,50,51)/t33-,35-,36+,37+,41-,42+,43+,44-,45+/m0/s1. The molecule has 7 nitrogen and oxygen atoms in total. The van der Waals surface area contributed by atoms with Crippen LogP contribution in [0, 0.1) is 56.2 Å². The third-order valence-corrected chi connectivity index (χ3v) is 17.7. The number of hydrogen-bond donors (Lipinski definition) is 3. The van der Waals surface area contributed by atoms with Crippen molar-refractivity contribution in [1.82, 2.24) is 15.1 Å². The van der Waals surface area contributed by atoms with Crippen molar-refractivity contribution in [3.8, 4) is 0 Å². The van der Waals surface area contributed by atoms with Gasteiger partial charge in [0.15, 0.2) is 0 Å². The summed E-state index contributed by atoms with van der Waals surface area (Å²) in [6, 6.07) is 7.66. The molecule has 7 rings (SSSR count). The van der Waals surface area contributed by atoms with Crippen molar-refractivity contribution in [3.05, 3.63) is 53.6 Å². The molecule has 52 heavy (non-hydrogen) atoms. The molecule has 1 aromatic rings. The third-order valence-electron chi connectivity index (χ3n) is 17.7. The fourth-order valence-corrected chi connectivity index (χ4v) is 14.8. The molecule has 4 saturated carbocycles. The fraction of sp³-hybridized carbons (Fsp3) is 0.733. The maximum Gasteiger partial charge on any atom is 0.335 e. The van der Waals surface area contributed by atoms with Gasteiger partial charge in [-0.25, -0.2) is 9.59 Å². The lowest BCUT2D eigenvalue weighted by Crippen LogP contribution is -2.69. The van der Waals surface area contributed by atoms with Crippen LogP contribution in [0.2, 0.25) is 0 Å². The Morgan fingerprint density at radius 3 is 2.15 bits per heavy atom. The number of urea groups is 1. The van der Waals surface area contributed by atoms with Crippen LogP contribution >= 0.6 is 0 Å². The second-order valence-electron chi connectivity index (χ2n) is 19.8. The van der Waals surface area contributed by atoms with Crippen LogP contribution in [0.25, 0.3) is 5.57 Å². The first kappa shape index (κ1) is 37.7. The van der Waals surface area contributed by atoms with Crippen molar-refractivity contribution in [2.45, 2.75) is 106 Å². The van der Waals surface area contributed by atoms with Gasteiger partial charge in [0.2, 0.25) is 0 Å². The number of nitrogens with one attached hydrogen (secondary N) is 1. The molecule has 0 radical (unpaired) electrons. The van der Waals surface area contributed by atoms with E-state index in [1.54, 1.807) is 12.1 Å². The summed E-state index contributed by atoms with van der Waals surface area (Å²) in [4.78, 5) is 29.5. The highest BCUT2D eigenvalue weighted by Gasteiger charge is 2.74. The Hall–Kier alpha value is -2.64. The minimum Gasteiger partial charge on any atom is -0.478 e. The molecule has 3 N–H and O–H groups in total. The molecule has 286 valence electrons. The zero-order chi connectivity index (χ0) is 37.5. The van der Waals surface area contributed by atoms with Crippen LogP contribution in [0.5, 0.6) is 0 Å². The van der Waals surface area contributed by atoms with E-state index in [0.29, 0.717) is 35.8 Å². The smallest absolute Gasteiger partial charge is 0.335 e. The van der Waals surface area contributed by atoms with Crippen molar-refractivity contribution in [2.24, 2.45) is 56.2 Å². The number of aromatic carboxylic acids is 1. The first-order valence-electron chi connectivity index (χ1n) is 20.5. The van der Waals surface area contributed by atoms with Crippen molar-refractivity contribution in [3.63, 3.8) is 0 Å². The van der Waals surface area contributed by atoms with E-state index in [9.17, 15) is 19.8 Å². The lowest BCUT2D eigenvalue weighted by Gasteiger charge is -2.75. The number of allylic oxidation sites excluding steroid dienone is 3. The lowest BCUT2D eigenvalue weighted by atomic mass is 9.29. The van der Waals surface area contributed by atoms with Gasteiger partial charge < -0.3 is 20.4 Å². The summed E-state index contributed by atoms with van der Waals surface area (Å²) in [5.41, 5.74) is 5.04. The molecular formula is C45H67N3O4. The number of fused-ring (bicyclic) bond motifs is 7. The molecule has 6 aliphatic rings. The zero-order valence-electron chi connectivity index (χ0n) is 33.3. The van der Waals surface area contributed by atoms with Gasteiger partial charge in [-0.1, -0.05) is 71.9 Å². The van der Waals surface area contributed by atoms with Crippen LogP contribution in [-0.4, -0.2) is 77.9 Å². The average molecular weight is 714 g/mol. The van der Waals surface area contributed by atoms with Gasteiger partial charge in [-0.15, -0.1) is 0 Å². The number of piperazine rings is 1. The van der Waals surface area contributed by atoms with Crippen LogP contribution in [0.1, 0.15) is 122 Å². The summed E-state index contributed by atoms with van der Waals surface area (Å²) in [5.74, 6) is 1.31. The van der Waals surface area contributed by atoms with Gasteiger partial charge in [0.25, 0.3) is 0 Å². The molecule has 0 unspecified atom stereocenters. The van der Waals surface area contributed by atoms with E-state index in [4.69, 9.17) is 0 Å². The third kappa shape index (κ3) is 5.39. The summed E-state index contributed by atoms with van der Waals surface area (Å²) in [5, 5.41) is 22.4. The number of carbonyl (C=O) groups is 2. The molecule has 0 bridgehead atoms. The van der Waals surface area contributed by atoms with E-state index in [-0.39, 0.29) is 45.1 Å². The zero-order valence-corrected chi connectivity index (χ0v) is 33.3. The summed E-state index contributed by atoms with van der Waals surface area (Å²) < 4.78 is 0. The van der Waals surface area contributed by atoms with Crippen LogP contribution in [-0.2, 0) is 0 Å². The predicted octanol–water partition coefficient (Wildman–Crippen LogP) is 8.75. The molecule has 5 aliphatic carbocycles. The molecule has 5 fully saturated rings. The fourth-order valence-electron chi connectivity index (χ4n) is 14.8. The Kier molecular flexibility index (Phi) is 9.41. The number of β-amino-alcohol motifs (C(OH)–C–C–N with tert-alkyl or cyclic N) is 1. The summed E-state index contributed by atoms with van der Waals surface area (Å²) in [6.45, 7) is 27.2. The molecule has 1 heterocycles. The highest BCUT2D eigenvalue weighted by atomic mass is 16.4. The number of carboxylic acid groups (broad SMARTS) is 1. The van der Waals surface area contributed by atoms with Gasteiger partial charge in [-0.3, -0.25) is 4.90 Å². The number of amides is 2. The van der Waals surface area contributed by atoms with E-state index in [1.807, 2.05) is 17.0 Å². The van der Waals surface area contributed by atoms with Crippen molar-refractivity contribution in [2.75, 3.05) is 45.9 Å². The number of hydrogen-bond acceptors (Lipinski definition) is 4. The predicted molar refractivity (Wildman–Crippen MR) is 209 cm³/mol. The van der Waals surface area contributed by atoms with Gasteiger partial charge >= 0.3 is 12.0 Å². The molecule has 1 saturated heterocycles. The topological polar surface area (TPSA) is 93.1 Å². The molecular weight excluding hydrogens is 647 g/mol. The van der Waals surface area contributed by atoms with E-state index >= 15 is 0 Å². The van der Waals surface area contributed by atoms with Crippen molar-refractivity contribution < 1.29 is 19.8 Å². The Morgan fingerprint density at radius 1 is 0.865 bits per heavy atom. The quantitative estimate of drug-likeness (QED) is 0.246. The molecule has 0 spiro atoms. The molecule has 0 aromatic heterocycles. The van der Waals surface area contributed by atoms with E-state index in [1.165, 1.54) is 68.1 Å². The highest BCUT2D eigenvalue weighted by Crippen LogP contribution is 2.81. The number of aliphatic hydroxyl groups is 1. The van der Waals surface area contributed by atoms with Crippen molar-refractivity contribution in [1.29, 1.82) is 0 Å². The van der Waals surface area contributed by atoms with Gasteiger partial charge in [-0.2, -0.15) is 0 Å². The lowest BCUT2D eigenvalue weighted by molar-refractivity contribution is -0.262. The minimum atomic E-state index is -0.873. The first-order chi connectivity index (χ1) is 24.5. The van der Waals surface area contributed by atoms with Gasteiger partial charge in [0.1, 0.15) is 0 Å². The Morgan fingerprint density at radius 2 is 1.52 bits per heavy atom.